The molecule has 0 spiro atoms. The lowest BCUT2D eigenvalue weighted by molar-refractivity contribution is -0.141. The van der Waals surface area contributed by atoms with E-state index in [2.05, 4.69) is 19.2 Å². The van der Waals surface area contributed by atoms with Gasteiger partial charge in [0.05, 0.1) is 0 Å². The minimum atomic E-state index is -0.903. The quantitative estimate of drug-likeness (QED) is 0.804. The van der Waals surface area contributed by atoms with Crippen molar-refractivity contribution in [2.75, 3.05) is 5.32 Å². The van der Waals surface area contributed by atoms with Gasteiger partial charge in [-0.05, 0) is 30.9 Å². The van der Waals surface area contributed by atoms with E-state index in [-0.39, 0.29) is 0 Å². The number of hydrogen-bond donors (Lipinski definition) is 2. The predicted molar refractivity (Wildman–Crippen MR) is 75.1 cm³/mol. The number of benzene rings is 1. The lowest BCUT2D eigenvalue weighted by Crippen LogP contribution is -2.43. The average Bonchev–Trinajstić information content (AvgIpc) is 2.29. The van der Waals surface area contributed by atoms with Crippen molar-refractivity contribution in [3.05, 3.63) is 29.8 Å². The van der Waals surface area contributed by atoms with Crippen LogP contribution < -0.4 is 5.32 Å². The van der Waals surface area contributed by atoms with Gasteiger partial charge < -0.3 is 10.4 Å². The van der Waals surface area contributed by atoms with Crippen LogP contribution in [-0.2, 0) is 4.79 Å². The zero-order chi connectivity index (χ0) is 13.8. The van der Waals surface area contributed by atoms with Crippen LogP contribution in [0.1, 0.15) is 52.0 Å². The van der Waals surface area contributed by atoms with Crippen molar-refractivity contribution < 1.29 is 9.90 Å². The van der Waals surface area contributed by atoms with E-state index >= 15 is 0 Å². The summed E-state index contributed by atoms with van der Waals surface area (Å²) in [7, 11) is 0. The lowest BCUT2D eigenvalue weighted by atomic mass is 9.93. The lowest BCUT2D eigenvalue weighted by Gasteiger charge is -2.29. The second-order valence-corrected chi connectivity index (χ2v) is 5.25. The Bertz CT molecular complexity index is 415. The van der Waals surface area contributed by atoms with Crippen molar-refractivity contribution in [2.45, 2.75) is 52.0 Å². The van der Waals surface area contributed by atoms with Gasteiger partial charge in [-0.2, -0.15) is 0 Å². The molecule has 0 saturated heterocycles. The third-order valence-corrected chi connectivity index (χ3v) is 3.22. The van der Waals surface area contributed by atoms with Crippen LogP contribution in [-0.4, -0.2) is 16.6 Å². The molecule has 2 N–H and O–H groups in total. The fraction of sp³-hybridized carbons (Fsp3) is 0.533. The fourth-order valence-corrected chi connectivity index (χ4v) is 2.13. The molecular weight excluding hydrogens is 226 g/mol. The van der Waals surface area contributed by atoms with Crippen molar-refractivity contribution in [2.24, 2.45) is 0 Å². The van der Waals surface area contributed by atoms with Crippen LogP contribution in [0.5, 0.6) is 0 Å². The van der Waals surface area contributed by atoms with Crippen LogP contribution in [0.4, 0.5) is 5.69 Å². The Kier molecular flexibility index (Phi) is 4.76. The minimum Gasteiger partial charge on any atom is -0.480 e. The van der Waals surface area contributed by atoms with Crippen LogP contribution in [0.25, 0.3) is 0 Å². The first kappa shape index (κ1) is 14.6. The van der Waals surface area contributed by atoms with Crippen molar-refractivity contribution in [3.8, 4) is 0 Å². The molecule has 0 aromatic heterocycles. The highest BCUT2D eigenvalue weighted by atomic mass is 16.4. The highest BCUT2D eigenvalue weighted by Gasteiger charge is 2.32. The molecule has 0 amide bonds. The molecule has 3 nitrogen and oxygen atoms in total. The third-order valence-electron chi connectivity index (χ3n) is 3.22. The summed E-state index contributed by atoms with van der Waals surface area (Å²) in [5, 5.41) is 12.6. The molecule has 0 heterocycles. The summed E-state index contributed by atoms with van der Waals surface area (Å²) >= 11 is 0. The number of carbonyl (C=O) groups is 1. The third kappa shape index (κ3) is 3.25. The first-order valence-corrected chi connectivity index (χ1v) is 6.51. The maximum absolute atomic E-state index is 11.4. The Hall–Kier alpha value is -1.51. The molecule has 1 rings (SSSR count). The van der Waals surface area contributed by atoms with Crippen LogP contribution in [0.3, 0.4) is 0 Å². The molecule has 0 fully saturated rings. The molecular formula is C15H23NO2. The molecule has 1 atom stereocenters. The van der Waals surface area contributed by atoms with Crippen LogP contribution in [0.15, 0.2) is 24.3 Å². The molecule has 0 radical (unpaired) electrons. The van der Waals surface area contributed by atoms with E-state index in [4.69, 9.17) is 0 Å². The predicted octanol–water partition coefficient (Wildman–Crippen LogP) is 3.87. The normalized spacial score (nSPS) is 14.3. The first-order valence-electron chi connectivity index (χ1n) is 6.51. The second-order valence-electron chi connectivity index (χ2n) is 5.25. The molecule has 1 unspecified atom stereocenters. The van der Waals surface area contributed by atoms with Crippen molar-refractivity contribution in [1.82, 2.24) is 0 Å². The summed E-state index contributed by atoms with van der Waals surface area (Å²) in [6.07, 6.45) is 1.44. The number of aliphatic carboxylic acids is 1. The van der Waals surface area contributed by atoms with E-state index < -0.39 is 11.5 Å². The van der Waals surface area contributed by atoms with Gasteiger partial charge in [0.1, 0.15) is 5.54 Å². The van der Waals surface area contributed by atoms with Crippen LogP contribution >= 0.6 is 0 Å². The van der Waals surface area contributed by atoms with Gasteiger partial charge in [0.25, 0.3) is 0 Å². The van der Waals surface area contributed by atoms with E-state index in [0.717, 1.165) is 17.7 Å². The van der Waals surface area contributed by atoms with Gasteiger partial charge in [0.15, 0.2) is 0 Å². The number of carboxylic acid groups (broad SMARTS) is 1. The maximum atomic E-state index is 11.4. The largest absolute Gasteiger partial charge is 0.480 e. The molecule has 0 aliphatic heterocycles. The number of nitrogens with one attached hydrogen (secondary N) is 1. The summed E-state index contributed by atoms with van der Waals surface area (Å²) < 4.78 is 0. The number of carboxylic acids is 1. The van der Waals surface area contributed by atoms with E-state index in [9.17, 15) is 9.90 Å². The smallest absolute Gasteiger partial charge is 0.329 e. The highest BCUT2D eigenvalue weighted by molar-refractivity contribution is 5.82. The van der Waals surface area contributed by atoms with E-state index in [1.807, 2.05) is 31.2 Å². The molecule has 0 aliphatic carbocycles. The zero-order valence-corrected chi connectivity index (χ0v) is 11.7. The summed E-state index contributed by atoms with van der Waals surface area (Å²) in [5.41, 5.74) is 1.17. The number of rotatable bonds is 6. The summed E-state index contributed by atoms with van der Waals surface area (Å²) in [5.74, 6) is -0.434. The fourth-order valence-electron chi connectivity index (χ4n) is 2.13. The topological polar surface area (TPSA) is 49.3 Å². The van der Waals surface area contributed by atoms with Gasteiger partial charge in [0, 0.05) is 5.69 Å². The Morgan fingerprint density at radius 1 is 1.39 bits per heavy atom. The zero-order valence-electron chi connectivity index (χ0n) is 11.7. The number of hydrogen-bond acceptors (Lipinski definition) is 2. The molecule has 18 heavy (non-hydrogen) atoms. The van der Waals surface area contributed by atoms with Gasteiger partial charge in [0.2, 0.25) is 0 Å². The molecule has 0 bridgehead atoms. The van der Waals surface area contributed by atoms with Gasteiger partial charge in [-0.15, -0.1) is 0 Å². The van der Waals surface area contributed by atoms with E-state index in [1.54, 1.807) is 6.92 Å². The monoisotopic (exact) mass is 249 g/mol. The van der Waals surface area contributed by atoms with Crippen molar-refractivity contribution in [1.29, 1.82) is 0 Å². The number of para-hydroxylation sites is 1. The highest BCUT2D eigenvalue weighted by Crippen LogP contribution is 2.28. The standard InChI is InChI=1S/C15H23NO2/c1-5-10-15(4,14(17)18)16-13-9-7-6-8-12(13)11(2)3/h6-9,11,16H,5,10H2,1-4H3,(H,17,18). The first-order chi connectivity index (χ1) is 8.40. The number of anilines is 1. The Balaban J connectivity index is 3.05. The average molecular weight is 249 g/mol. The van der Waals surface area contributed by atoms with Gasteiger partial charge in [-0.3, -0.25) is 0 Å². The molecule has 0 saturated carbocycles. The summed E-state index contributed by atoms with van der Waals surface area (Å²) in [4.78, 5) is 11.4. The van der Waals surface area contributed by atoms with Crippen molar-refractivity contribution in [3.63, 3.8) is 0 Å². The van der Waals surface area contributed by atoms with Crippen LogP contribution in [0, 0.1) is 0 Å². The summed E-state index contributed by atoms with van der Waals surface area (Å²) in [6, 6.07) is 7.91. The van der Waals surface area contributed by atoms with Crippen LogP contribution in [0.2, 0.25) is 0 Å². The molecule has 0 aliphatic rings. The SMILES string of the molecule is CCCC(C)(Nc1ccccc1C(C)C)C(=O)O. The Morgan fingerprint density at radius 3 is 2.50 bits per heavy atom. The van der Waals surface area contributed by atoms with E-state index in [1.165, 1.54) is 0 Å². The van der Waals surface area contributed by atoms with Gasteiger partial charge >= 0.3 is 5.97 Å². The van der Waals surface area contributed by atoms with E-state index in [0.29, 0.717) is 12.3 Å². The summed E-state index contributed by atoms with van der Waals surface area (Å²) in [6.45, 7) is 7.96. The van der Waals surface area contributed by atoms with Gasteiger partial charge in [-0.1, -0.05) is 45.4 Å². The molecule has 1 aromatic rings. The Labute approximate surface area is 109 Å². The van der Waals surface area contributed by atoms with Gasteiger partial charge in [-0.25, -0.2) is 4.79 Å². The second kappa shape index (κ2) is 5.89. The molecule has 1 aromatic carbocycles. The molecule has 3 heteroatoms. The Morgan fingerprint density at radius 2 is 2.00 bits per heavy atom. The minimum absolute atomic E-state index is 0.369. The maximum Gasteiger partial charge on any atom is 0.329 e. The molecule has 100 valence electrons. The van der Waals surface area contributed by atoms with Crippen molar-refractivity contribution >= 4 is 11.7 Å².